The van der Waals surface area contributed by atoms with Gasteiger partial charge in [0.1, 0.15) is 6.04 Å². The summed E-state index contributed by atoms with van der Waals surface area (Å²) >= 11 is 0. The van der Waals surface area contributed by atoms with Crippen LogP contribution in [-0.2, 0) is 19.6 Å². The molecular weight excluding hydrogens is 354 g/mol. The number of nitrogens with zero attached hydrogens (tertiary/aromatic N) is 2. The van der Waals surface area contributed by atoms with Crippen molar-refractivity contribution in [2.24, 2.45) is 0 Å². The van der Waals surface area contributed by atoms with Crippen LogP contribution >= 0.6 is 0 Å². The highest BCUT2D eigenvalue weighted by Crippen LogP contribution is 2.26. The molecule has 1 atom stereocenters. The molecule has 2 aliphatic rings. The van der Waals surface area contributed by atoms with Crippen molar-refractivity contribution >= 4 is 21.8 Å². The van der Waals surface area contributed by atoms with Crippen LogP contribution in [0.4, 0.5) is 0 Å². The van der Waals surface area contributed by atoms with E-state index in [0.29, 0.717) is 45.3 Å². The van der Waals surface area contributed by atoms with Gasteiger partial charge in [-0.25, -0.2) is 8.42 Å². The van der Waals surface area contributed by atoms with Crippen molar-refractivity contribution in [3.8, 4) is 0 Å². The number of amides is 2. The van der Waals surface area contributed by atoms with E-state index in [2.05, 4.69) is 5.32 Å². The summed E-state index contributed by atoms with van der Waals surface area (Å²) in [4.78, 5) is 26.1. The zero-order chi connectivity index (χ0) is 18.6. The summed E-state index contributed by atoms with van der Waals surface area (Å²) in [5.41, 5.74) is 0. The van der Waals surface area contributed by atoms with Crippen molar-refractivity contribution in [1.82, 2.24) is 14.5 Å². The van der Waals surface area contributed by atoms with Crippen molar-refractivity contribution < 1.29 is 18.0 Å². The molecule has 2 fully saturated rings. The van der Waals surface area contributed by atoms with E-state index >= 15 is 0 Å². The molecule has 26 heavy (non-hydrogen) atoms. The van der Waals surface area contributed by atoms with Gasteiger partial charge < -0.3 is 10.2 Å². The zero-order valence-electron chi connectivity index (χ0n) is 14.8. The molecule has 0 aromatic heterocycles. The summed E-state index contributed by atoms with van der Waals surface area (Å²) in [6.45, 7) is 2.23. The topological polar surface area (TPSA) is 86.8 Å². The Balaban J connectivity index is 1.54. The molecular formula is C18H25N3O4S. The number of benzene rings is 1. The maximum Gasteiger partial charge on any atom is 0.243 e. The Hall–Kier alpha value is -1.93. The first-order valence-corrected chi connectivity index (χ1v) is 10.6. The molecule has 7 nitrogen and oxygen atoms in total. The zero-order valence-corrected chi connectivity index (χ0v) is 15.6. The minimum Gasteiger partial charge on any atom is -0.355 e. The average Bonchev–Trinajstić information content (AvgIpc) is 3.29. The maximum atomic E-state index is 12.8. The Labute approximate surface area is 154 Å². The summed E-state index contributed by atoms with van der Waals surface area (Å²) in [6, 6.07) is 7.56. The van der Waals surface area contributed by atoms with Gasteiger partial charge >= 0.3 is 0 Å². The average molecular weight is 379 g/mol. The van der Waals surface area contributed by atoms with Gasteiger partial charge in [0.2, 0.25) is 21.8 Å². The van der Waals surface area contributed by atoms with Crippen molar-refractivity contribution in [3.05, 3.63) is 30.3 Å². The molecule has 1 aromatic rings. The number of likely N-dealkylation sites (tertiary alicyclic amines) is 1. The van der Waals surface area contributed by atoms with Crippen LogP contribution in [0.3, 0.4) is 0 Å². The van der Waals surface area contributed by atoms with E-state index in [1.165, 1.54) is 4.31 Å². The van der Waals surface area contributed by atoms with E-state index in [9.17, 15) is 18.0 Å². The number of carbonyl (C=O) groups excluding carboxylic acids is 2. The Morgan fingerprint density at radius 2 is 1.92 bits per heavy atom. The van der Waals surface area contributed by atoms with Gasteiger partial charge in [-0.05, 0) is 37.8 Å². The van der Waals surface area contributed by atoms with Gasteiger partial charge in [-0.1, -0.05) is 18.2 Å². The third-order valence-electron chi connectivity index (χ3n) is 4.93. The molecule has 0 radical (unpaired) electrons. The Kier molecular flexibility index (Phi) is 5.93. The normalized spacial score (nSPS) is 21.3. The van der Waals surface area contributed by atoms with Crippen molar-refractivity contribution in [1.29, 1.82) is 0 Å². The van der Waals surface area contributed by atoms with E-state index in [-0.39, 0.29) is 16.7 Å². The fraction of sp³-hybridized carbons (Fsp3) is 0.556. The van der Waals surface area contributed by atoms with E-state index in [1.54, 1.807) is 30.3 Å². The van der Waals surface area contributed by atoms with Crippen LogP contribution in [-0.4, -0.2) is 61.7 Å². The van der Waals surface area contributed by atoms with E-state index in [0.717, 1.165) is 13.0 Å². The van der Waals surface area contributed by atoms with E-state index in [1.807, 2.05) is 4.90 Å². The molecule has 1 N–H and O–H groups in total. The van der Waals surface area contributed by atoms with Crippen LogP contribution in [0.15, 0.2) is 35.2 Å². The lowest BCUT2D eigenvalue weighted by Crippen LogP contribution is -2.46. The molecule has 2 aliphatic heterocycles. The minimum atomic E-state index is -3.66. The van der Waals surface area contributed by atoms with Crippen molar-refractivity contribution in [2.45, 2.75) is 43.0 Å². The minimum absolute atomic E-state index is 0.173. The molecule has 1 aromatic carbocycles. The van der Waals surface area contributed by atoms with Gasteiger partial charge in [0.15, 0.2) is 0 Å². The quantitative estimate of drug-likeness (QED) is 0.715. The monoisotopic (exact) mass is 379 g/mol. The second-order valence-electron chi connectivity index (χ2n) is 6.72. The molecule has 2 saturated heterocycles. The van der Waals surface area contributed by atoms with Gasteiger partial charge in [-0.15, -0.1) is 0 Å². The predicted molar refractivity (Wildman–Crippen MR) is 96.8 cm³/mol. The number of nitrogens with one attached hydrogen (secondary N) is 1. The Bertz CT molecular complexity index is 751. The maximum absolute atomic E-state index is 12.8. The second-order valence-corrected chi connectivity index (χ2v) is 8.61. The molecule has 0 bridgehead atoms. The molecule has 3 rings (SSSR count). The third kappa shape index (κ3) is 4.07. The Morgan fingerprint density at radius 3 is 2.62 bits per heavy atom. The van der Waals surface area contributed by atoms with Crippen LogP contribution in [0.2, 0.25) is 0 Å². The lowest BCUT2D eigenvalue weighted by atomic mass is 10.2. The van der Waals surface area contributed by atoms with Gasteiger partial charge in [-0.2, -0.15) is 4.31 Å². The number of hydrogen-bond acceptors (Lipinski definition) is 4. The molecule has 8 heteroatoms. The van der Waals surface area contributed by atoms with Crippen LogP contribution in [0.25, 0.3) is 0 Å². The molecule has 1 unspecified atom stereocenters. The second kappa shape index (κ2) is 8.18. The molecule has 142 valence electrons. The number of hydrogen-bond donors (Lipinski definition) is 1. The molecule has 0 spiro atoms. The molecule has 2 amide bonds. The lowest BCUT2D eigenvalue weighted by Gasteiger charge is -2.23. The molecule has 0 saturated carbocycles. The first-order chi connectivity index (χ1) is 12.5. The third-order valence-corrected chi connectivity index (χ3v) is 6.85. The highest BCUT2D eigenvalue weighted by Gasteiger charge is 2.39. The first kappa shape index (κ1) is 18.8. The SMILES string of the molecule is O=C(NCCCN1CCCC1=O)C1CCCN1S(=O)(=O)c1ccccc1. The number of sulfonamides is 1. The van der Waals surface area contributed by atoms with E-state index < -0.39 is 16.1 Å². The predicted octanol–water partition coefficient (Wildman–Crippen LogP) is 0.968. The smallest absolute Gasteiger partial charge is 0.243 e. The van der Waals surface area contributed by atoms with E-state index in [4.69, 9.17) is 0 Å². The van der Waals surface area contributed by atoms with Gasteiger partial charge in [0.25, 0.3) is 0 Å². The highest BCUT2D eigenvalue weighted by molar-refractivity contribution is 7.89. The van der Waals surface area contributed by atoms with Crippen LogP contribution < -0.4 is 5.32 Å². The van der Waals surface area contributed by atoms with Crippen molar-refractivity contribution in [3.63, 3.8) is 0 Å². The fourth-order valence-corrected chi connectivity index (χ4v) is 5.23. The number of carbonyl (C=O) groups is 2. The van der Waals surface area contributed by atoms with Crippen LogP contribution in [0, 0.1) is 0 Å². The summed E-state index contributed by atoms with van der Waals surface area (Å²) < 4.78 is 26.9. The summed E-state index contributed by atoms with van der Waals surface area (Å²) in [7, 11) is -3.66. The summed E-state index contributed by atoms with van der Waals surface area (Å²) in [5.74, 6) is -0.0815. The van der Waals surface area contributed by atoms with Gasteiger partial charge in [0.05, 0.1) is 4.90 Å². The van der Waals surface area contributed by atoms with Gasteiger partial charge in [0, 0.05) is 32.6 Å². The molecule has 2 heterocycles. The largest absolute Gasteiger partial charge is 0.355 e. The van der Waals surface area contributed by atoms with Crippen LogP contribution in [0.5, 0.6) is 0 Å². The fourth-order valence-electron chi connectivity index (χ4n) is 3.56. The number of rotatable bonds is 7. The molecule has 0 aliphatic carbocycles. The first-order valence-electron chi connectivity index (χ1n) is 9.12. The van der Waals surface area contributed by atoms with Crippen LogP contribution in [0.1, 0.15) is 32.1 Å². The van der Waals surface area contributed by atoms with Gasteiger partial charge in [-0.3, -0.25) is 9.59 Å². The standard InChI is InChI=1S/C18H25N3O4S/c22-17-10-5-12-20(17)13-6-11-19-18(23)16-9-4-14-21(16)26(24,25)15-7-2-1-3-8-15/h1-3,7-8,16H,4-6,9-14H2,(H,19,23). The summed E-state index contributed by atoms with van der Waals surface area (Å²) in [5, 5.41) is 2.83. The lowest BCUT2D eigenvalue weighted by molar-refractivity contribution is -0.127. The Morgan fingerprint density at radius 1 is 1.15 bits per heavy atom. The summed E-state index contributed by atoms with van der Waals surface area (Å²) in [6.07, 6.45) is 3.39. The highest BCUT2D eigenvalue weighted by atomic mass is 32.2. The van der Waals surface area contributed by atoms with Crippen molar-refractivity contribution in [2.75, 3.05) is 26.2 Å².